The number of aromatic nitrogens is 1. The lowest BCUT2D eigenvalue weighted by Gasteiger charge is -2.09. The van der Waals surface area contributed by atoms with Crippen molar-refractivity contribution in [1.82, 2.24) is 4.98 Å². The Morgan fingerprint density at radius 2 is 1.77 bits per heavy atom. The molecule has 2 rings (SSSR count). The number of hydrogen-bond donors (Lipinski definition) is 0. The van der Waals surface area contributed by atoms with E-state index in [0.29, 0.717) is 11.3 Å². The molecule has 0 fully saturated rings. The van der Waals surface area contributed by atoms with Crippen molar-refractivity contribution in [2.75, 3.05) is 7.11 Å². The van der Waals surface area contributed by atoms with Gasteiger partial charge in [0.15, 0.2) is 5.69 Å². The molecule has 1 heterocycles. The van der Waals surface area contributed by atoms with Crippen molar-refractivity contribution in [2.45, 2.75) is 6.36 Å². The quantitative estimate of drug-likeness (QED) is 0.795. The molecule has 0 atom stereocenters. The normalized spacial score (nSPS) is 11.1. The molecule has 1 aromatic heterocycles. The van der Waals surface area contributed by atoms with Gasteiger partial charge in [-0.05, 0) is 36.4 Å². The molecule has 0 N–H and O–H groups in total. The molecule has 8 heteroatoms. The molecule has 0 aliphatic heterocycles. The molecular formula is C14H9ClF3NO3. The maximum atomic E-state index is 12.1. The molecule has 0 saturated heterocycles. The van der Waals surface area contributed by atoms with E-state index in [1.165, 1.54) is 31.4 Å². The Bertz CT molecular complexity index is 687. The highest BCUT2D eigenvalue weighted by atomic mass is 35.5. The van der Waals surface area contributed by atoms with Gasteiger partial charge in [-0.25, -0.2) is 9.78 Å². The summed E-state index contributed by atoms with van der Waals surface area (Å²) in [6.45, 7) is 0. The SMILES string of the molecule is COC(=O)c1nc(-c2ccc(OC(F)(F)F)cc2)ccc1Cl. The largest absolute Gasteiger partial charge is 0.573 e. The van der Waals surface area contributed by atoms with Crippen LogP contribution in [0.5, 0.6) is 5.75 Å². The van der Waals surface area contributed by atoms with Crippen LogP contribution in [0.15, 0.2) is 36.4 Å². The van der Waals surface area contributed by atoms with E-state index >= 15 is 0 Å². The highest BCUT2D eigenvalue weighted by molar-refractivity contribution is 6.33. The lowest BCUT2D eigenvalue weighted by molar-refractivity contribution is -0.274. The lowest BCUT2D eigenvalue weighted by atomic mass is 10.1. The van der Waals surface area contributed by atoms with Crippen molar-refractivity contribution < 1.29 is 27.4 Å². The van der Waals surface area contributed by atoms with Crippen LogP contribution in [0.1, 0.15) is 10.5 Å². The highest BCUT2D eigenvalue weighted by Crippen LogP contribution is 2.27. The zero-order valence-electron chi connectivity index (χ0n) is 11.1. The third-order valence-corrected chi connectivity index (χ3v) is 2.91. The van der Waals surface area contributed by atoms with Gasteiger partial charge in [-0.1, -0.05) is 11.6 Å². The monoisotopic (exact) mass is 331 g/mol. The molecule has 22 heavy (non-hydrogen) atoms. The van der Waals surface area contributed by atoms with Crippen molar-refractivity contribution in [1.29, 1.82) is 0 Å². The van der Waals surface area contributed by atoms with Crippen molar-refractivity contribution in [3.05, 3.63) is 47.1 Å². The maximum absolute atomic E-state index is 12.1. The van der Waals surface area contributed by atoms with E-state index < -0.39 is 12.3 Å². The van der Waals surface area contributed by atoms with Gasteiger partial charge in [0.1, 0.15) is 5.75 Å². The molecule has 2 aromatic rings. The number of rotatable bonds is 3. The van der Waals surface area contributed by atoms with Crippen LogP contribution in [0.4, 0.5) is 13.2 Å². The number of pyridine rings is 1. The van der Waals surface area contributed by atoms with Crippen molar-refractivity contribution in [3.8, 4) is 17.0 Å². The fourth-order valence-corrected chi connectivity index (χ4v) is 1.85. The maximum Gasteiger partial charge on any atom is 0.573 e. The Kier molecular flexibility index (Phi) is 4.56. The second-order valence-electron chi connectivity index (χ2n) is 4.09. The second-order valence-corrected chi connectivity index (χ2v) is 4.50. The van der Waals surface area contributed by atoms with Crippen molar-refractivity contribution in [3.63, 3.8) is 0 Å². The fourth-order valence-electron chi connectivity index (χ4n) is 1.67. The van der Waals surface area contributed by atoms with E-state index in [-0.39, 0.29) is 16.5 Å². The van der Waals surface area contributed by atoms with E-state index in [1.54, 1.807) is 0 Å². The Labute approximate surface area is 128 Å². The molecule has 0 aliphatic carbocycles. The first-order valence-electron chi connectivity index (χ1n) is 5.91. The second kappa shape index (κ2) is 6.23. The summed E-state index contributed by atoms with van der Waals surface area (Å²) in [5.41, 5.74) is 0.789. The van der Waals surface area contributed by atoms with Crippen LogP contribution in [0.25, 0.3) is 11.3 Å². The molecule has 0 spiro atoms. The number of carbonyl (C=O) groups is 1. The van der Waals surface area contributed by atoms with Gasteiger partial charge in [0.05, 0.1) is 17.8 Å². The first kappa shape index (κ1) is 16.1. The zero-order chi connectivity index (χ0) is 16.3. The van der Waals surface area contributed by atoms with Gasteiger partial charge in [0, 0.05) is 5.56 Å². The van der Waals surface area contributed by atoms with Crippen LogP contribution >= 0.6 is 11.6 Å². The van der Waals surface area contributed by atoms with Gasteiger partial charge in [-0.15, -0.1) is 13.2 Å². The highest BCUT2D eigenvalue weighted by Gasteiger charge is 2.31. The average Bonchev–Trinajstić information content (AvgIpc) is 2.46. The summed E-state index contributed by atoms with van der Waals surface area (Å²) in [4.78, 5) is 15.6. The lowest BCUT2D eigenvalue weighted by Crippen LogP contribution is -2.16. The number of carbonyl (C=O) groups excluding carboxylic acids is 1. The van der Waals surface area contributed by atoms with Crippen LogP contribution in [0.3, 0.4) is 0 Å². The molecule has 1 aromatic carbocycles. The average molecular weight is 332 g/mol. The molecule has 0 unspecified atom stereocenters. The minimum atomic E-state index is -4.75. The Morgan fingerprint density at radius 1 is 1.14 bits per heavy atom. The van der Waals surface area contributed by atoms with Crippen LogP contribution in [0, 0.1) is 0 Å². The van der Waals surface area contributed by atoms with Gasteiger partial charge < -0.3 is 9.47 Å². The van der Waals surface area contributed by atoms with Crippen LogP contribution in [-0.2, 0) is 4.74 Å². The zero-order valence-corrected chi connectivity index (χ0v) is 11.9. The smallest absolute Gasteiger partial charge is 0.464 e. The fraction of sp³-hybridized carbons (Fsp3) is 0.143. The Balaban J connectivity index is 2.31. The molecule has 116 valence electrons. The first-order chi connectivity index (χ1) is 10.3. The predicted molar refractivity (Wildman–Crippen MR) is 72.7 cm³/mol. The summed E-state index contributed by atoms with van der Waals surface area (Å²) in [6, 6.07) is 8.06. The summed E-state index contributed by atoms with van der Waals surface area (Å²) < 4.78 is 44.6. The van der Waals surface area contributed by atoms with E-state index in [2.05, 4.69) is 14.5 Å². The third kappa shape index (κ3) is 3.88. The molecule has 0 bridgehead atoms. The molecule has 0 aliphatic rings. The minimum absolute atomic E-state index is 0.0720. The van der Waals surface area contributed by atoms with Crippen LogP contribution in [0.2, 0.25) is 5.02 Å². The Hall–Kier alpha value is -2.28. The number of nitrogens with zero attached hydrogens (tertiary/aromatic N) is 1. The van der Waals surface area contributed by atoms with E-state index in [1.807, 2.05) is 0 Å². The van der Waals surface area contributed by atoms with Crippen molar-refractivity contribution >= 4 is 17.6 Å². The van der Waals surface area contributed by atoms with Gasteiger partial charge in [0.2, 0.25) is 0 Å². The Morgan fingerprint density at radius 3 is 2.32 bits per heavy atom. The number of benzene rings is 1. The van der Waals surface area contributed by atoms with Gasteiger partial charge >= 0.3 is 12.3 Å². The summed E-state index contributed by atoms with van der Waals surface area (Å²) >= 11 is 5.85. The molecule has 0 saturated carbocycles. The third-order valence-electron chi connectivity index (χ3n) is 2.61. The molecule has 4 nitrogen and oxygen atoms in total. The molecular weight excluding hydrogens is 323 g/mol. The van der Waals surface area contributed by atoms with E-state index in [4.69, 9.17) is 11.6 Å². The number of halogens is 4. The molecule has 0 radical (unpaired) electrons. The first-order valence-corrected chi connectivity index (χ1v) is 6.29. The van der Waals surface area contributed by atoms with Crippen LogP contribution in [-0.4, -0.2) is 24.4 Å². The number of alkyl halides is 3. The summed E-state index contributed by atoms with van der Waals surface area (Å²) in [7, 11) is 1.19. The molecule has 0 amide bonds. The topological polar surface area (TPSA) is 48.4 Å². The van der Waals surface area contributed by atoms with Crippen molar-refractivity contribution in [2.24, 2.45) is 0 Å². The van der Waals surface area contributed by atoms with Crippen LogP contribution < -0.4 is 4.74 Å². The van der Waals surface area contributed by atoms with E-state index in [0.717, 1.165) is 12.1 Å². The van der Waals surface area contributed by atoms with Gasteiger partial charge in [-0.3, -0.25) is 0 Å². The number of ether oxygens (including phenoxy) is 2. The standard InChI is InChI=1S/C14H9ClF3NO3/c1-21-13(20)12-10(15)6-7-11(19-12)8-2-4-9(5-3-8)22-14(16,17)18/h2-7H,1H3. The number of hydrogen-bond acceptors (Lipinski definition) is 4. The minimum Gasteiger partial charge on any atom is -0.464 e. The summed E-state index contributed by atoms with van der Waals surface area (Å²) in [5.74, 6) is -1.05. The summed E-state index contributed by atoms with van der Waals surface area (Å²) in [5, 5.41) is 0.118. The van der Waals surface area contributed by atoms with E-state index in [9.17, 15) is 18.0 Å². The van der Waals surface area contributed by atoms with Gasteiger partial charge in [-0.2, -0.15) is 0 Å². The number of methoxy groups -OCH3 is 1. The van der Waals surface area contributed by atoms with Gasteiger partial charge in [0.25, 0.3) is 0 Å². The summed E-state index contributed by atoms with van der Waals surface area (Å²) in [6.07, 6.45) is -4.75. The predicted octanol–water partition coefficient (Wildman–Crippen LogP) is 4.09. The number of esters is 1.